The van der Waals surface area contributed by atoms with E-state index < -0.39 is 10.0 Å². The molecule has 1 aliphatic heterocycles. The molecule has 0 unspecified atom stereocenters. The zero-order chi connectivity index (χ0) is 19.2. The van der Waals surface area contributed by atoms with E-state index in [1.807, 2.05) is 6.07 Å². The second kappa shape index (κ2) is 7.12. The molecule has 2 aromatic rings. The summed E-state index contributed by atoms with van der Waals surface area (Å²) in [6.07, 6.45) is 4.33. The second-order valence-corrected chi connectivity index (χ2v) is 10.0. The molecule has 146 valence electrons. The van der Waals surface area contributed by atoms with Crippen molar-refractivity contribution in [1.82, 2.24) is 14.1 Å². The van der Waals surface area contributed by atoms with Crippen molar-refractivity contribution >= 4 is 27.3 Å². The van der Waals surface area contributed by atoms with Crippen LogP contribution in [0.25, 0.3) is 0 Å². The molecule has 0 atom stereocenters. The highest BCUT2D eigenvalue weighted by Gasteiger charge is 2.33. The van der Waals surface area contributed by atoms with Crippen LogP contribution in [0.4, 0.5) is 0 Å². The summed E-state index contributed by atoms with van der Waals surface area (Å²) in [5.41, 5.74) is 1.97. The summed E-state index contributed by atoms with van der Waals surface area (Å²) >= 11 is 1.51. The van der Waals surface area contributed by atoms with E-state index in [1.54, 1.807) is 13.8 Å². The summed E-state index contributed by atoms with van der Waals surface area (Å²) in [5, 5.41) is 4.29. The minimum absolute atomic E-state index is 0.138. The van der Waals surface area contributed by atoms with Gasteiger partial charge in [-0.2, -0.15) is 14.1 Å². The molecule has 4 rings (SSSR count). The predicted molar refractivity (Wildman–Crippen MR) is 102 cm³/mol. The van der Waals surface area contributed by atoms with Gasteiger partial charge in [0, 0.05) is 18.0 Å². The zero-order valence-electron chi connectivity index (χ0n) is 15.5. The van der Waals surface area contributed by atoms with Gasteiger partial charge < -0.3 is 4.74 Å². The average Bonchev–Trinajstić information content (AvgIpc) is 3.22. The number of aromatic nitrogens is 2. The maximum Gasteiger partial charge on any atom is 0.288 e. The van der Waals surface area contributed by atoms with Crippen LogP contribution in [0.5, 0.6) is 0 Å². The Morgan fingerprint density at radius 2 is 1.89 bits per heavy atom. The Balaban J connectivity index is 1.70. The number of carbonyl (C=O) groups is 1. The highest BCUT2D eigenvalue weighted by Crippen LogP contribution is 2.31. The number of rotatable bonds is 3. The van der Waals surface area contributed by atoms with Crippen molar-refractivity contribution in [2.45, 2.75) is 44.4 Å². The van der Waals surface area contributed by atoms with Gasteiger partial charge in [0.25, 0.3) is 5.91 Å². The fourth-order valence-corrected chi connectivity index (χ4v) is 6.76. The Kier molecular flexibility index (Phi) is 4.96. The molecule has 0 amide bonds. The summed E-state index contributed by atoms with van der Waals surface area (Å²) in [6.45, 7) is 4.69. The summed E-state index contributed by atoms with van der Waals surface area (Å²) in [4.78, 5) is 15.1. The lowest BCUT2D eigenvalue weighted by Crippen LogP contribution is -2.41. The molecule has 1 saturated heterocycles. The predicted octanol–water partition coefficient (Wildman–Crippen LogP) is 2.15. The van der Waals surface area contributed by atoms with Crippen LogP contribution in [0.2, 0.25) is 0 Å². The third kappa shape index (κ3) is 3.26. The Labute approximate surface area is 163 Å². The van der Waals surface area contributed by atoms with Gasteiger partial charge in [0.2, 0.25) is 10.0 Å². The molecular weight excluding hydrogens is 386 g/mol. The van der Waals surface area contributed by atoms with E-state index in [2.05, 4.69) is 5.10 Å². The number of thiophene rings is 1. The standard InChI is InChI=1S/C18H23N3O4S2/c1-12-17(27(23,24)20-7-9-25-10-8-20)13(2)21(19-12)18(22)16-11-14-5-3-4-6-15(14)26-16/h11H,3-10H2,1-2H3. The maximum absolute atomic E-state index is 13.1. The van der Waals surface area contributed by atoms with E-state index in [1.165, 1.54) is 30.8 Å². The fourth-order valence-electron chi connectivity index (χ4n) is 3.82. The Bertz CT molecular complexity index is 961. The number of carbonyl (C=O) groups excluding carboxylic acids is 1. The Morgan fingerprint density at radius 3 is 2.59 bits per heavy atom. The van der Waals surface area contributed by atoms with Crippen LogP contribution in [0.3, 0.4) is 0 Å². The number of aryl methyl sites for hydroxylation is 3. The van der Waals surface area contributed by atoms with Gasteiger partial charge in [-0.25, -0.2) is 8.42 Å². The largest absolute Gasteiger partial charge is 0.379 e. The van der Waals surface area contributed by atoms with Gasteiger partial charge in [-0.05, 0) is 51.2 Å². The smallest absolute Gasteiger partial charge is 0.288 e. The first-order valence-electron chi connectivity index (χ1n) is 9.20. The van der Waals surface area contributed by atoms with Gasteiger partial charge in [0.15, 0.2) is 0 Å². The van der Waals surface area contributed by atoms with Crippen LogP contribution in [0.15, 0.2) is 11.0 Å². The molecule has 0 bridgehead atoms. The SMILES string of the molecule is Cc1nn(C(=O)c2cc3c(s2)CCCC3)c(C)c1S(=O)(=O)N1CCOCC1. The first-order valence-corrected chi connectivity index (χ1v) is 11.5. The molecule has 3 heterocycles. The van der Waals surface area contributed by atoms with Gasteiger partial charge >= 0.3 is 0 Å². The van der Waals surface area contributed by atoms with Crippen LogP contribution >= 0.6 is 11.3 Å². The monoisotopic (exact) mass is 409 g/mol. The minimum atomic E-state index is -3.70. The molecule has 1 aliphatic carbocycles. The molecule has 0 N–H and O–H groups in total. The molecular formula is C18H23N3O4S2. The van der Waals surface area contributed by atoms with Gasteiger partial charge in [-0.3, -0.25) is 4.79 Å². The quantitative estimate of drug-likeness (QED) is 0.776. The third-order valence-corrected chi connectivity index (χ3v) is 8.57. The summed E-state index contributed by atoms with van der Waals surface area (Å²) in [5.74, 6) is -0.251. The number of fused-ring (bicyclic) bond motifs is 1. The molecule has 0 aromatic carbocycles. The molecule has 7 nitrogen and oxygen atoms in total. The second-order valence-electron chi connectivity index (χ2n) is 7.00. The molecule has 0 saturated carbocycles. The van der Waals surface area contributed by atoms with Crippen molar-refractivity contribution < 1.29 is 17.9 Å². The maximum atomic E-state index is 13.1. The molecule has 9 heteroatoms. The van der Waals surface area contributed by atoms with Crippen LogP contribution in [-0.4, -0.2) is 54.7 Å². The van der Waals surface area contributed by atoms with E-state index >= 15 is 0 Å². The Hall–Kier alpha value is -1.55. The lowest BCUT2D eigenvalue weighted by molar-refractivity contribution is 0.0730. The molecule has 0 radical (unpaired) electrons. The number of sulfonamides is 1. The summed E-state index contributed by atoms with van der Waals surface area (Å²) < 4.78 is 34.0. The molecule has 1 fully saturated rings. The lowest BCUT2D eigenvalue weighted by atomic mass is 9.99. The first kappa shape index (κ1) is 18.8. The van der Waals surface area contributed by atoms with E-state index in [4.69, 9.17) is 4.74 Å². The van der Waals surface area contributed by atoms with E-state index in [9.17, 15) is 13.2 Å². The van der Waals surface area contributed by atoms with E-state index in [-0.39, 0.29) is 10.8 Å². The summed E-state index contributed by atoms with van der Waals surface area (Å²) in [6, 6.07) is 1.95. The Morgan fingerprint density at radius 1 is 1.19 bits per heavy atom. The number of ether oxygens (including phenoxy) is 1. The fraction of sp³-hybridized carbons (Fsp3) is 0.556. The van der Waals surface area contributed by atoms with Gasteiger partial charge in [0.05, 0.1) is 29.5 Å². The van der Waals surface area contributed by atoms with Gasteiger partial charge in [0.1, 0.15) is 4.90 Å². The summed E-state index contributed by atoms with van der Waals surface area (Å²) in [7, 11) is -3.70. The molecule has 2 aromatic heterocycles. The van der Waals surface area contributed by atoms with Crippen molar-refractivity contribution in [1.29, 1.82) is 0 Å². The molecule has 2 aliphatic rings. The molecule has 27 heavy (non-hydrogen) atoms. The van der Waals surface area contributed by atoms with Gasteiger partial charge in [-0.15, -0.1) is 11.3 Å². The van der Waals surface area contributed by atoms with E-state index in [0.717, 1.165) is 25.7 Å². The van der Waals surface area contributed by atoms with Crippen LogP contribution in [0, 0.1) is 13.8 Å². The highest BCUT2D eigenvalue weighted by molar-refractivity contribution is 7.89. The number of nitrogens with zero attached hydrogens (tertiary/aromatic N) is 3. The molecule has 0 spiro atoms. The number of hydrogen-bond acceptors (Lipinski definition) is 6. The van der Waals surface area contributed by atoms with E-state index in [0.29, 0.717) is 42.6 Å². The van der Waals surface area contributed by atoms with Crippen molar-refractivity contribution in [3.8, 4) is 0 Å². The van der Waals surface area contributed by atoms with Crippen molar-refractivity contribution in [2.75, 3.05) is 26.3 Å². The number of morpholine rings is 1. The van der Waals surface area contributed by atoms with Crippen molar-refractivity contribution in [3.63, 3.8) is 0 Å². The van der Waals surface area contributed by atoms with Crippen LogP contribution in [-0.2, 0) is 27.6 Å². The van der Waals surface area contributed by atoms with Crippen molar-refractivity contribution in [2.24, 2.45) is 0 Å². The zero-order valence-corrected chi connectivity index (χ0v) is 17.2. The lowest BCUT2D eigenvalue weighted by Gasteiger charge is -2.26. The van der Waals surface area contributed by atoms with Gasteiger partial charge in [-0.1, -0.05) is 0 Å². The van der Waals surface area contributed by atoms with Crippen LogP contribution in [0.1, 0.15) is 44.3 Å². The van der Waals surface area contributed by atoms with Crippen molar-refractivity contribution in [3.05, 3.63) is 32.8 Å². The topological polar surface area (TPSA) is 81.5 Å². The highest BCUT2D eigenvalue weighted by atomic mass is 32.2. The third-order valence-electron chi connectivity index (χ3n) is 5.19. The first-order chi connectivity index (χ1) is 12.9. The normalized spacial score (nSPS) is 18.4. The van der Waals surface area contributed by atoms with Crippen LogP contribution < -0.4 is 0 Å². The minimum Gasteiger partial charge on any atom is -0.379 e. The average molecular weight is 410 g/mol. The number of hydrogen-bond donors (Lipinski definition) is 0.